The predicted octanol–water partition coefficient (Wildman–Crippen LogP) is 6.07. The third kappa shape index (κ3) is 6.62. The van der Waals surface area contributed by atoms with Crippen LogP contribution in [0, 0.1) is 28.6 Å². The molecule has 7 nitrogen and oxygen atoms in total. The van der Waals surface area contributed by atoms with Crippen molar-refractivity contribution in [2.24, 2.45) is 28.6 Å². The molecule has 2 saturated carbocycles. The standard InChI is InChI=1S/C36H49NO6/c1-24-11-12-32-35(4,17-13-33(43-26(3)39)36(32,5)23-42-25(2)38)30(24)22-31(29-16-20-41-34(29)40)37-18-14-28(15-19-37)21-27-9-7-6-8-10-27/h6-10,16,28,30-33H,1,11-15,17-23H2,2-5H3/t30-,31?,32?,33?,35+,36?/m1/s1. The van der Waals surface area contributed by atoms with E-state index in [4.69, 9.17) is 14.2 Å². The monoisotopic (exact) mass is 591 g/mol. The van der Waals surface area contributed by atoms with Crippen molar-refractivity contribution in [2.75, 3.05) is 26.3 Å². The molecule has 0 N–H and O–H groups in total. The molecule has 0 bridgehead atoms. The maximum atomic E-state index is 13.0. The van der Waals surface area contributed by atoms with E-state index >= 15 is 0 Å². The van der Waals surface area contributed by atoms with E-state index in [1.54, 1.807) is 0 Å². The first-order chi connectivity index (χ1) is 20.5. The highest BCUT2D eigenvalue weighted by atomic mass is 16.6. The van der Waals surface area contributed by atoms with Crippen molar-refractivity contribution in [3.05, 3.63) is 59.7 Å². The van der Waals surface area contributed by atoms with Crippen LogP contribution in [0.15, 0.2) is 54.1 Å². The Bertz CT molecular complexity index is 1230. The molecular formula is C36H49NO6. The van der Waals surface area contributed by atoms with Crippen LogP contribution in [0.4, 0.5) is 0 Å². The van der Waals surface area contributed by atoms with Crippen LogP contribution in [0.5, 0.6) is 0 Å². The zero-order valence-electron chi connectivity index (χ0n) is 26.4. The Morgan fingerprint density at radius 3 is 2.42 bits per heavy atom. The van der Waals surface area contributed by atoms with E-state index in [0.29, 0.717) is 18.9 Å². The van der Waals surface area contributed by atoms with Crippen LogP contribution in [0.2, 0.25) is 0 Å². The van der Waals surface area contributed by atoms with Gasteiger partial charge in [0.25, 0.3) is 0 Å². The second kappa shape index (κ2) is 13.0. The zero-order chi connectivity index (χ0) is 30.8. The molecule has 4 aliphatic rings. The molecule has 2 heterocycles. The molecule has 3 fully saturated rings. The number of fused-ring (bicyclic) bond motifs is 1. The molecule has 0 aromatic heterocycles. The average Bonchev–Trinajstić information content (AvgIpc) is 3.40. The Kier molecular flexibility index (Phi) is 9.50. The number of likely N-dealkylation sites (tertiary alicyclic amines) is 1. The molecule has 4 unspecified atom stereocenters. The lowest BCUT2D eigenvalue weighted by molar-refractivity contribution is -0.192. The number of hydrogen-bond acceptors (Lipinski definition) is 7. The van der Waals surface area contributed by atoms with Gasteiger partial charge in [-0.15, -0.1) is 0 Å². The van der Waals surface area contributed by atoms with Crippen molar-refractivity contribution in [3.8, 4) is 0 Å². The smallest absolute Gasteiger partial charge is 0.335 e. The fraction of sp³-hybridized carbons (Fsp3) is 0.639. The minimum absolute atomic E-state index is 0.0316. The highest BCUT2D eigenvalue weighted by Gasteiger charge is 2.60. The van der Waals surface area contributed by atoms with Gasteiger partial charge in [-0.05, 0) is 99.3 Å². The van der Waals surface area contributed by atoms with Gasteiger partial charge in [-0.3, -0.25) is 14.5 Å². The van der Waals surface area contributed by atoms with Crippen LogP contribution in [0.25, 0.3) is 0 Å². The quantitative estimate of drug-likeness (QED) is 0.196. The van der Waals surface area contributed by atoms with E-state index in [1.807, 2.05) is 6.08 Å². The molecule has 2 aliphatic heterocycles. The largest absolute Gasteiger partial charge is 0.465 e. The SMILES string of the molecule is C=C1CCC2C(C)(COC(C)=O)C(OC(C)=O)CC[C@@]2(C)[C@@H]1CC(C1=CCOC1=O)N1CCC(Cc2ccccc2)CC1. The topological polar surface area (TPSA) is 82.1 Å². The number of allylic oxidation sites excluding steroid dienone is 1. The van der Waals surface area contributed by atoms with Gasteiger partial charge in [-0.1, -0.05) is 56.3 Å². The summed E-state index contributed by atoms with van der Waals surface area (Å²) in [5.74, 6) is 0.139. The molecule has 234 valence electrons. The summed E-state index contributed by atoms with van der Waals surface area (Å²) < 4.78 is 17.0. The van der Waals surface area contributed by atoms with E-state index in [0.717, 1.165) is 63.6 Å². The highest BCUT2D eigenvalue weighted by Crippen LogP contribution is 2.63. The summed E-state index contributed by atoms with van der Waals surface area (Å²) in [6.07, 6.45) is 9.11. The summed E-state index contributed by atoms with van der Waals surface area (Å²) in [5, 5.41) is 0. The van der Waals surface area contributed by atoms with E-state index in [-0.39, 0.29) is 53.9 Å². The molecule has 2 aliphatic carbocycles. The number of cyclic esters (lactones) is 1. The summed E-state index contributed by atoms with van der Waals surface area (Å²) in [4.78, 5) is 39.6. The number of piperidine rings is 1. The summed E-state index contributed by atoms with van der Waals surface area (Å²) >= 11 is 0. The third-order valence-corrected chi connectivity index (χ3v) is 11.2. The van der Waals surface area contributed by atoms with Crippen molar-refractivity contribution < 1.29 is 28.6 Å². The number of nitrogens with zero attached hydrogens (tertiary/aromatic N) is 1. The minimum atomic E-state index is -0.514. The minimum Gasteiger partial charge on any atom is -0.465 e. The molecule has 7 heteroatoms. The van der Waals surface area contributed by atoms with Crippen molar-refractivity contribution in [2.45, 2.75) is 91.2 Å². The van der Waals surface area contributed by atoms with Gasteiger partial charge in [0, 0.05) is 25.3 Å². The Morgan fingerprint density at radius 2 is 1.79 bits per heavy atom. The van der Waals surface area contributed by atoms with Gasteiger partial charge in [0.1, 0.15) is 19.3 Å². The maximum Gasteiger partial charge on any atom is 0.335 e. The normalized spacial score (nSPS) is 32.4. The average molecular weight is 592 g/mol. The fourth-order valence-corrected chi connectivity index (χ4v) is 9.01. The molecule has 5 rings (SSSR count). The summed E-state index contributed by atoms with van der Waals surface area (Å²) in [6, 6.07) is 10.7. The van der Waals surface area contributed by atoms with Crippen molar-refractivity contribution in [1.29, 1.82) is 0 Å². The number of carbonyl (C=O) groups is 3. The van der Waals surface area contributed by atoms with Gasteiger partial charge in [0.05, 0.1) is 5.57 Å². The Hall–Kier alpha value is -2.93. The number of benzene rings is 1. The van der Waals surface area contributed by atoms with Gasteiger partial charge in [0.15, 0.2) is 0 Å². The van der Waals surface area contributed by atoms with Gasteiger partial charge < -0.3 is 14.2 Å². The Morgan fingerprint density at radius 1 is 1.07 bits per heavy atom. The van der Waals surface area contributed by atoms with Gasteiger partial charge >= 0.3 is 17.9 Å². The Labute approximate surface area is 257 Å². The van der Waals surface area contributed by atoms with Crippen LogP contribution < -0.4 is 0 Å². The molecule has 1 aromatic rings. The number of carbonyl (C=O) groups excluding carboxylic acids is 3. The highest BCUT2D eigenvalue weighted by molar-refractivity contribution is 5.91. The van der Waals surface area contributed by atoms with Crippen LogP contribution in [0.3, 0.4) is 0 Å². The molecule has 6 atom stereocenters. The Balaban J connectivity index is 1.39. The second-order valence-electron chi connectivity index (χ2n) is 13.9. The number of hydrogen-bond donors (Lipinski definition) is 0. The van der Waals surface area contributed by atoms with Gasteiger partial charge in [-0.25, -0.2) is 4.79 Å². The first-order valence-corrected chi connectivity index (χ1v) is 16.1. The second-order valence-corrected chi connectivity index (χ2v) is 13.9. The molecule has 43 heavy (non-hydrogen) atoms. The van der Waals surface area contributed by atoms with Gasteiger partial charge in [0.2, 0.25) is 0 Å². The molecule has 0 spiro atoms. The summed E-state index contributed by atoms with van der Waals surface area (Å²) in [5.41, 5.74) is 2.75. The third-order valence-electron chi connectivity index (χ3n) is 11.2. The van der Waals surface area contributed by atoms with Crippen LogP contribution in [-0.4, -0.2) is 61.3 Å². The molecule has 1 aromatic carbocycles. The number of esters is 3. The molecule has 1 saturated heterocycles. The van der Waals surface area contributed by atoms with Crippen molar-refractivity contribution in [1.82, 2.24) is 4.90 Å². The fourth-order valence-electron chi connectivity index (χ4n) is 9.01. The summed E-state index contributed by atoms with van der Waals surface area (Å²) in [7, 11) is 0. The number of ether oxygens (including phenoxy) is 3. The van der Waals surface area contributed by atoms with Gasteiger partial charge in [-0.2, -0.15) is 0 Å². The van der Waals surface area contributed by atoms with Crippen molar-refractivity contribution >= 4 is 17.9 Å². The molecule has 0 amide bonds. The van der Waals surface area contributed by atoms with Crippen LogP contribution >= 0.6 is 0 Å². The van der Waals surface area contributed by atoms with Crippen LogP contribution in [0.1, 0.15) is 78.2 Å². The lowest BCUT2D eigenvalue weighted by atomic mass is 9.45. The lowest BCUT2D eigenvalue weighted by Crippen LogP contribution is -2.59. The first-order valence-electron chi connectivity index (χ1n) is 16.1. The van der Waals surface area contributed by atoms with E-state index in [2.05, 4.69) is 55.7 Å². The van der Waals surface area contributed by atoms with Crippen LogP contribution in [-0.2, 0) is 35.0 Å². The van der Waals surface area contributed by atoms with E-state index in [9.17, 15) is 14.4 Å². The zero-order valence-corrected chi connectivity index (χ0v) is 26.4. The molecule has 0 radical (unpaired) electrons. The first kappa shape index (κ1) is 31.5. The lowest BCUT2D eigenvalue weighted by Gasteiger charge is -2.61. The summed E-state index contributed by atoms with van der Waals surface area (Å²) in [6.45, 7) is 14.4. The number of rotatable bonds is 9. The maximum absolute atomic E-state index is 13.0. The van der Waals surface area contributed by atoms with Crippen molar-refractivity contribution in [3.63, 3.8) is 0 Å². The van der Waals surface area contributed by atoms with E-state index in [1.165, 1.54) is 25.0 Å². The van der Waals surface area contributed by atoms with E-state index < -0.39 is 5.41 Å². The predicted molar refractivity (Wildman–Crippen MR) is 165 cm³/mol. The molecular weight excluding hydrogens is 542 g/mol.